The van der Waals surface area contributed by atoms with Gasteiger partial charge in [-0.3, -0.25) is 4.79 Å². The first kappa shape index (κ1) is 14.7. The molecular weight excluding hydrogens is 285 g/mol. The summed E-state index contributed by atoms with van der Waals surface area (Å²) in [7, 11) is 0. The lowest BCUT2D eigenvalue weighted by molar-refractivity contribution is -0.133. The van der Waals surface area contributed by atoms with Gasteiger partial charge < -0.3 is 10.0 Å². The van der Waals surface area contributed by atoms with Gasteiger partial charge >= 0.3 is 0 Å². The second kappa shape index (κ2) is 6.27. The highest BCUT2D eigenvalue weighted by Gasteiger charge is 2.22. The van der Waals surface area contributed by atoms with Crippen LogP contribution < -0.4 is 0 Å². The van der Waals surface area contributed by atoms with Crippen molar-refractivity contribution >= 4 is 5.91 Å². The maximum absolute atomic E-state index is 12.9. The Hall–Kier alpha value is -2.21. The maximum atomic E-state index is 12.9. The van der Waals surface area contributed by atoms with E-state index < -0.39 is 6.10 Å². The Morgan fingerprint density at radius 1 is 1.32 bits per heavy atom. The van der Waals surface area contributed by atoms with Gasteiger partial charge in [-0.1, -0.05) is 0 Å². The molecule has 22 heavy (non-hydrogen) atoms. The van der Waals surface area contributed by atoms with Crippen molar-refractivity contribution in [2.75, 3.05) is 13.1 Å². The fourth-order valence-corrected chi connectivity index (χ4v) is 2.64. The Balaban J connectivity index is 1.66. The SMILES string of the molecule is O=C(Cc1ccn(-c2ccc(F)cc2)n1)N1CCCC(O)C1. The van der Waals surface area contributed by atoms with Crippen molar-refractivity contribution in [1.29, 1.82) is 0 Å². The van der Waals surface area contributed by atoms with E-state index in [9.17, 15) is 14.3 Å². The van der Waals surface area contributed by atoms with Crippen molar-refractivity contribution in [3.05, 3.63) is 48.0 Å². The zero-order chi connectivity index (χ0) is 15.5. The van der Waals surface area contributed by atoms with Gasteiger partial charge in [-0.25, -0.2) is 9.07 Å². The van der Waals surface area contributed by atoms with Gasteiger partial charge in [0, 0.05) is 19.3 Å². The monoisotopic (exact) mass is 303 g/mol. The molecule has 1 aliphatic heterocycles. The zero-order valence-corrected chi connectivity index (χ0v) is 12.2. The highest BCUT2D eigenvalue weighted by molar-refractivity contribution is 5.78. The number of nitrogens with zero attached hydrogens (tertiary/aromatic N) is 3. The third-order valence-electron chi connectivity index (χ3n) is 3.82. The molecule has 0 saturated carbocycles. The highest BCUT2D eigenvalue weighted by Crippen LogP contribution is 2.13. The third kappa shape index (κ3) is 3.33. The van der Waals surface area contributed by atoms with Crippen molar-refractivity contribution in [2.45, 2.75) is 25.4 Å². The lowest BCUT2D eigenvalue weighted by Gasteiger charge is -2.29. The van der Waals surface area contributed by atoms with E-state index >= 15 is 0 Å². The molecule has 2 aromatic rings. The van der Waals surface area contributed by atoms with Crippen LogP contribution in [-0.2, 0) is 11.2 Å². The Morgan fingerprint density at radius 3 is 2.82 bits per heavy atom. The lowest BCUT2D eigenvalue weighted by atomic mass is 10.1. The summed E-state index contributed by atoms with van der Waals surface area (Å²) in [5.74, 6) is -0.321. The second-order valence-electron chi connectivity index (χ2n) is 5.54. The van der Waals surface area contributed by atoms with E-state index in [4.69, 9.17) is 0 Å². The first-order chi connectivity index (χ1) is 10.6. The van der Waals surface area contributed by atoms with Crippen LogP contribution in [0.5, 0.6) is 0 Å². The number of benzene rings is 1. The average Bonchev–Trinajstić information content (AvgIpc) is 2.96. The van der Waals surface area contributed by atoms with Crippen LogP contribution in [-0.4, -0.2) is 44.9 Å². The molecule has 1 saturated heterocycles. The number of likely N-dealkylation sites (tertiary alicyclic amines) is 1. The van der Waals surface area contributed by atoms with Gasteiger partial charge in [0.1, 0.15) is 5.82 Å². The zero-order valence-electron chi connectivity index (χ0n) is 12.2. The van der Waals surface area contributed by atoms with E-state index in [1.54, 1.807) is 34.0 Å². The van der Waals surface area contributed by atoms with Crippen LogP contribution in [0.4, 0.5) is 4.39 Å². The number of carbonyl (C=O) groups is 1. The Kier molecular flexibility index (Phi) is 4.20. The number of β-amino-alcohol motifs (C(OH)–C–C–N with tert-alkyl or cyclic N) is 1. The number of halogens is 1. The van der Waals surface area contributed by atoms with Crippen molar-refractivity contribution < 1.29 is 14.3 Å². The molecule has 1 aliphatic rings. The van der Waals surface area contributed by atoms with Crippen LogP contribution in [0, 0.1) is 5.82 Å². The number of aliphatic hydroxyl groups excluding tert-OH is 1. The van der Waals surface area contributed by atoms with E-state index in [1.807, 2.05) is 0 Å². The molecule has 2 heterocycles. The van der Waals surface area contributed by atoms with Crippen molar-refractivity contribution in [2.24, 2.45) is 0 Å². The van der Waals surface area contributed by atoms with Gasteiger partial charge in [-0.2, -0.15) is 5.10 Å². The molecule has 1 aromatic carbocycles. The van der Waals surface area contributed by atoms with E-state index in [0.717, 1.165) is 18.5 Å². The molecule has 6 heteroatoms. The largest absolute Gasteiger partial charge is 0.391 e. The minimum absolute atomic E-state index is 0.0249. The Labute approximate surface area is 128 Å². The summed E-state index contributed by atoms with van der Waals surface area (Å²) < 4.78 is 14.5. The van der Waals surface area contributed by atoms with Crippen molar-refractivity contribution in [3.63, 3.8) is 0 Å². The van der Waals surface area contributed by atoms with Gasteiger partial charge in [-0.05, 0) is 43.2 Å². The molecule has 1 aromatic heterocycles. The van der Waals surface area contributed by atoms with Crippen molar-refractivity contribution in [3.8, 4) is 5.69 Å². The number of aliphatic hydroxyl groups is 1. The smallest absolute Gasteiger partial charge is 0.228 e. The number of amides is 1. The quantitative estimate of drug-likeness (QED) is 0.935. The minimum atomic E-state index is -0.422. The molecule has 3 rings (SSSR count). The summed E-state index contributed by atoms with van der Waals surface area (Å²) in [6.45, 7) is 1.09. The Bertz CT molecular complexity index is 654. The summed E-state index contributed by atoms with van der Waals surface area (Å²) >= 11 is 0. The number of carbonyl (C=O) groups excluding carboxylic acids is 1. The number of hydrogen-bond acceptors (Lipinski definition) is 3. The van der Waals surface area contributed by atoms with E-state index in [-0.39, 0.29) is 18.1 Å². The molecule has 1 N–H and O–H groups in total. The summed E-state index contributed by atoms with van der Waals surface area (Å²) in [6.07, 6.45) is 3.12. The molecule has 5 nitrogen and oxygen atoms in total. The summed E-state index contributed by atoms with van der Waals surface area (Å²) in [5.41, 5.74) is 1.41. The lowest BCUT2D eigenvalue weighted by Crippen LogP contribution is -2.42. The molecule has 0 aliphatic carbocycles. The fraction of sp³-hybridized carbons (Fsp3) is 0.375. The molecule has 0 spiro atoms. The average molecular weight is 303 g/mol. The summed E-state index contributed by atoms with van der Waals surface area (Å²) in [5, 5.41) is 14.0. The van der Waals surface area contributed by atoms with Crippen LogP contribution >= 0.6 is 0 Å². The van der Waals surface area contributed by atoms with Crippen LogP contribution in [0.1, 0.15) is 18.5 Å². The predicted octanol–water partition coefficient (Wildman–Crippen LogP) is 1.54. The maximum Gasteiger partial charge on any atom is 0.228 e. The summed E-state index contributed by atoms with van der Waals surface area (Å²) in [4.78, 5) is 13.9. The first-order valence-corrected chi connectivity index (χ1v) is 7.38. The van der Waals surface area contributed by atoms with Gasteiger partial charge in [0.2, 0.25) is 5.91 Å². The number of piperidine rings is 1. The first-order valence-electron chi connectivity index (χ1n) is 7.38. The van der Waals surface area contributed by atoms with E-state index in [2.05, 4.69) is 5.10 Å². The van der Waals surface area contributed by atoms with Crippen molar-refractivity contribution in [1.82, 2.24) is 14.7 Å². The molecule has 1 fully saturated rings. The van der Waals surface area contributed by atoms with Gasteiger partial charge in [-0.15, -0.1) is 0 Å². The third-order valence-corrected chi connectivity index (χ3v) is 3.82. The van der Waals surface area contributed by atoms with Gasteiger partial charge in [0.05, 0.1) is 23.9 Å². The Morgan fingerprint density at radius 2 is 2.09 bits per heavy atom. The number of hydrogen-bond donors (Lipinski definition) is 1. The standard InChI is InChI=1S/C16H18FN3O2/c17-12-3-5-14(6-4-12)20-9-7-13(18-20)10-16(22)19-8-1-2-15(21)11-19/h3-7,9,15,21H,1-2,8,10-11H2. The molecule has 116 valence electrons. The van der Waals surface area contributed by atoms with E-state index in [0.29, 0.717) is 18.8 Å². The van der Waals surface area contributed by atoms with Crippen LogP contribution in [0.2, 0.25) is 0 Å². The van der Waals surface area contributed by atoms with Crippen LogP contribution in [0.3, 0.4) is 0 Å². The van der Waals surface area contributed by atoms with Gasteiger partial charge in [0.25, 0.3) is 0 Å². The molecule has 1 atom stereocenters. The van der Waals surface area contributed by atoms with Gasteiger partial charge in [0.15, 0.2) is 0 Å². The number of aromatic nitrogens is 2. The topological polar surface area (TPSA) is 58.4 Å². The molecule has 0 bridgehead atoms. The summed E-state index contributed by atoms with van der Waals surface area (Å²) in [6, 6.07) is 7.79. The highest BCUT2D eigenvalue weighted by atomic mass is 19.1. The predicted molar refractivity (Wildman–Crippen MR) is 79.0 cm³/mol. The second-order valence-corrected chi connectivity index (χ2v) is 5.54. The molecule has 0 radical (unpaired) electrons. The molecular formula is C16H18FN3O2. The fourth-order valence-electron chi connectivity index (χ4n) is 2.64. The van der Waals surface area contributed by atoms with E-state index in [1.165, 1.54) is 12.1 Å². The normalized spacial score (nSPS) is 18.5. The molecule has 1 unspecified atom stereocenters. The minimum Gasteiger partial charge on any atom is -0.391 e. The molecule has 1 amide bonds. The number of rotatable bonds is 3. The van der Waals surface area contributed by atoms with Crippen LogP contribution in [0.25, 0.3) is 5.69 Å². The van der Waals surface area contributed by atoms with Crippen LogP contribution in [0.15, 0.2) is 36.5 Å².